The lowest BCUT2D eigenvalue weighted by atomic mass is 9.97. The van der Waals surface area contributed by atoms with E-state index < -0.39 is 0 Å². The SMILES string of the molecule is CCCC(=O)N1CCCC(C(=O)NCCNc2ccccc2)C1. The molecule has 1 aliphatic heterocycles. The first-order valence-corrected chi connectivity index (χ1v) is 8.55. The number of hydrogen-bond donors (Lipinski definition) is 2. The molecular weight excluding hydrogens is 290 g/mol. The number of amides is 2. The van der Waals surface area contributed by atoms with E-state index in [4.69, 9.17) is 0 Å². The Morgan fingerprint density at radius 1 is 1.22 bits per heavy atom. The minimum Gasteiger partial charge on any atom is -0.383 e. The van der Waals surface area contributed by atoms with Crippen molar-refractivity contribution in [1.82, 2.24) is 10.2 Å². The molecule has 0 aliphatic carbocycles. The number of carbonyl (C=O) groups is 2. The monoisotopic (exact) mass is 317 g/mol. The summed E-state index contributed by atoms with van der Waals surface area (Å²) in [7, 11) is 0. The number of piperidine rings is 1. The van der Waals surface area contributed by atoms with Crippen LogP contribution in [0.2, 0.25) is 0 Å². The van der Waals surface area contributed by atoms with Crippen LogP contribution in [0.1, 0.15) is 32.6 Å². The third kappa shape index (κ3) is 5.58. The number of benzene rings is 1. The fourth-order valence-electron chi connectivity index (χ4n) is 2.88. The van der Waals surface area contributed by atoms with Crippen LogP contribution in [0.25, 0.3) is 0 Å². The van der Waals surface area contributed by atoms with Gasteiger partial charge in [0.05, 0.1) is 5.92 Å². The molecule has 1 heterocycles. The quantitative estimate of drug-likeness (QED) is 0.758. The van der Waals surface area contributed by atoms with E-state index in [9.17, 15) is 9.59 Å². The summed E-state index contributed by atoms with van der Waals surface area (Å²) in [6.07, 6.45) is 3.22. The maximum absolute atomic E-state index is 12.3. The summed E-state index contributed by atoms with van der Waals surface area (Å²) < 4.78 is 0. The predicted molar refractivity (Wildman–Crippen MR) is 92.2 cm³/mol. The molecule has 0 radical (unpaired) electrons. The number of likely N-dealkylation sites (tertiary alicyclic amines) is 1. The number of nitrogens with zero attached hydrogens (tertiary/aromatic N) is 1. The number of nitrogens with one attached hydrogen (secondary N) is 2. The van der Waals surface area contributed by atoms with E-state index in [-0.39, 0.29) is 17.7 Å². The highest BCUT2D eigenvalue weighted by Crippen LogP contribution is 2.17. The van der Waals surface area contributed by atoms with Crippen molar-refractivity contribution in [2.45, 2.75) is 32.6 Å². The molecule has 1 atom stereocenters. The van der Waals surface area contributed by atoms with Gasteiger partial charge in [0.1, 0.15) is 0 Å². The Labute approximate surface area is 138 Å². The van der Waals surface area contributed by atoms with Gasteiger partial charge in [-0.15, -0.1) is 0 Å². The Kier molecular flexibility index (Phi) is 6.91. The van der Waals surface area contributed by atoms with Gasteiger partial charge in [-0.25, -0.2) is 0 Å². The third-order valence-electron chi connectivity index (χ3n) is 4.14. The standard InChI is InChI=1S/C18H27N3O2/c1-2-7-17(22)21-13-6-8-15(14-21)18(23)20-12-11-19-16-9-4-3-5-10-16/h3-5,9-10,15,19H,2,6-8,11-14H2,1H3,(H,20,23). The Bertz CT molecular complexity index is 504. The third-order valence-corrected chi connectivity index (χ3v) is 4.14. The molecule has 1 aliphatic rings. The van der Waals surface area contributed by atoms with Crippen LogP contribution in [0.3, 0.4) is 0 Å². The molecule has 2 N–H and O–H groups in total. The molecule has 2 amide bonds. The van der Waals surface area contributed by atoms with E-state index in [0.717, 1.165) is 31.5 Å². The molecule has 0 spiro atoms. The average molecular weight is 317 g/mol. The Hall–Kier alpha value is -2.04. The zero-order valence-electron chi connectivity index (χ0n) is 13.9. The lowest BCUT2D eigenvalue weighted by Gasteiger charge is -2.32. The number of para-hydroxylation sites is 1. The fourth-order valence-corrected chi connectivity index (χ4v) is 2.88. The molecule has 1 aromatic carbocycles. The second-order valence-electron chi connectivity index (χ2n) is 6.01. The van der Waals surface area contributed by atoms with Crippen molar-refractivity contribution in [2.75, 3.05) is 31.5 Å². The summed E-state index contributed by atoms with van der Waals surface area (Å²) in [4.78, 5) is 26.1. The maximum atomic E-state index is 12.3. The molecule has 1 aromatic rings. The van der Waals surface area contributed by atoms with Crippen LogP contribution in [0, 0.1) is 5.92 Å². The van der Waals surface area contributed by atoms with E-state index in [0.29, 0.717) is 26.1 Å². The van der Waals surface area contributed by atoms with Crippen molar-refractivity contribution in [3.8, 4) is 0 Å². The van der Waals surface area contributed by atoms with Gasteiger partial charge in [0, 0.05) is 38.3 Å². The van der Waals surface area contributed by atoms with Gasteiger partial charge in [-0.05, 0) is 31.4 Å². The van der Waals surface area contributed by atoms with Crippen molar-refractivity contribution >= 4 is 17.5 Å². The number of carbonyl (C=O) groups excluding carboxylic acids is 2. The van der Waals surface area contributed by atoms with Gasteiger partial charge in [0.25, 0.3) is 0 Å². The predicted octanol–water partition coefficient (Wildman–Crippen LogP) is 2.25. The Morgan fingerprint density at radius 3 is 2.74 bits per heavy atom. The van der Waals surface area contributed by atoms with E-state index in [1.807, 2.05) is 42.2 Å². The zero-order valence-corrected chi connectivity index (χ0v) is 13.9. The second-order valence-corrected chi connectivity index (χ2v) is 6.01. The largest absolute Gasteiger partial charge is 0.383 e. The first-order valence-electron chi connectivity index (χ1n) is 8.55. The number of rotatable bonds is 7. The highest BCUT2D eigenvalue weighted by Gasteiger charge is 2.27. The van der Waals surface area contributed by atoms with Gasteiger partial charge in [-0.1, -0.05) is 25.1 Å². The molecule has 5 nitrogen and oxygen atoms in total. The molecule has 0 saturated carbocycles. The Balaban J connectivity index is 1.69. The van der Waals surface area contributed by atoms with E-state index in [1.165, 1.54) is 0 Å². The van der Waals surface area contributed by atoms with Crippen molar-refractivity contribution < 1.29 is 9.59 Å². The van der Waals surface area contributed by atoms with Crippen molar-refractivity contribution in [3.63, 3.8) is 0 Å². The lowest BCUT2D eigenvalue weighted by molar-refractivity contribution is -0.135. The van der Waals surface area contributed by atoms with Crippen LogP contribution in [-0.2, 0) is 9.59 Å². The number of hydrogen-bond acceptors (Lipinski definition) is 3. The summed E-state index contributed by atoms with van der Waals surface area (Å²) in [5.74, 6) is 0.172. The molecule has 2 rings (SSSR count). The van der Waals surface area contributed by atoms with E-state index in [2.05, 4.69) is 10.6 Å². The number of anilines is 1. The van der Waals surface area contributed by atoms with E-state index in [1.54, 1.807) is 0 Å². The minimum absolute atomic E-state index is 0.0638. The van der Waals surface area contributed by atoms with Crippen LogP contribution in [0.4, 0.5) is 5.69 Å². The van der Waals surface area contributed by atoms with Gasteiger partial charge in [-0.2, -0.15) is 0 Å². The van der Waals surface area contributed by atoms with Gasteiger partial charge in [0.2, 0.25) is 11.8 Å². The molecule has 1 fully saturated rings. The first-order chi connectivity index (χ1) is 11.2. The molecular formula is C18H27N3O2. The summed E-state index contributed by atoms with van der Waals surface area (Å²) in [6, 6.07) is 9.93. The van der Waals surface area contributed by atoms with Crippen molar-refractivity contribution in [1.29, 1.82) is 0 Å². The topological polar surface area (TPSA) is 61.4 Å². The first kappa shape index (κ1) is 17.3. The molecule has 1 saturated heterocycles. The molecule has 1 unspecified atom stereocenters. The van der Waals surface area contributed by atoms with Crippen LogP contribution in [-0.4, -0.2) is 42.9 Å². The van der Waals surface area contributed by atoms with Gasteiger partial charge < -0.3 is 15.5 Å². The summed E-state index contributed by atoms with van der Waals surface area (Å²) in [6.45, 7) is 4.65. The highest BCUT2D eigenvalue weighted by molar-refractivity contribution is 5.81. The minimum atomic E-state index is -0.0683. The normalized spacial score (nSPS) is 17.6. The second kappa shape index (κ2) is 9.18. The van der Waals surface area contributed by atoms with Crippen LogP contribution < -0.4 is 10.6 Å². The molecule has 0 aromatic heterocycles. The zero-order chi connectivity index (χ0) is 16.5. The molecule has 23 heavy (non-hydrogen) atoms. The van der Waals surface area contributed by atoms with Gasteiger partial charge in [0.15, 0.2) is 0 Å². The maximum Gasteiger partial charge on any atom is 0.224 e. The van der Waals surface area contributed by atoms with Crippen molar-refractivity contribution in [2.24, 2.45) is 5.92 Å². The van der Waals surface area contributed by atoms with Crippen molar-refractivity contribution in [3.05, 3.63) is 30.3 Å². The van der Waals surface area contributed by atoms with Gasteiger partial charge >= 0.3 is 0 Å². The molecule has 0 bridgehead atoms. The summed E-state index contributed by atoms with van der Waals surface area (Å²) in [5.41, 5.74) is 1.05. The highest BCUT2D eigenvalue weighted by atomic mass is 16.2. The van der Waals surface area contributed by atoms with Crippen LogP contribution in [0.5, 0.6) is 0 Å². The molecule has 5 heteroatoms. The lowest BCUT2D eigenvalue weighted by Crippen LogP contribution is -2.46. The Morgan fingerprint density at radius 2 is 2.00 bits per heavy atom. The van der Waals surface area contributed by atoms with E-state index >= 15 is 0 Å². The van der Waals surface area contributed by atoms with Crippen LogP contribution in [0.15, 0.2) is 30.3 Å². The molecule has 126 valence electrons. The fraction of sp³-hybridized carbons (Fsp3) is 0.556. The summed E-state index contributed by atoms with van der Waals surface area (Å²) >= 11 is 0. The van der Waals surface area contributed by atoms with Gasteiger partial charge in [-0.3, -0.25) is 9.59 Å². The average Bonchev–Trinajstić information content (AvgIpc) is 2.60. The van der Waals surface area contributed by atoms with Crippen LogP contribution >= 0.6 is 0 Å². The smallest absolute Gasteiger partial charge is 0.224 e. The summed E-state index contributed by atoms with van der Waals surface area (Å²) in [5, 5.41) is 6.24.